The van der Waals surface area contributed by atoms with Crippen LogP contribution in [-0.4, -0.2) is 27.1 Å². The quantitative estimate of drug-likeness (QED) is 0.673. The number of nitro groups is 1. The third-order valence-corrected chi connectivity index (χ3v) is 4.36. The molecule has 9 heteroatoms. The van der Waals surface area contributed by atoms with Gasteiger partial charge in [-0.1, -0.05) is 0 Å². The summed E-state index contributed by atoms with van der Waals surface area (Å²) in [6.45, 7) is 0. The molecule has 1 aromatic carbocycles. The van der Waals surface area contributed by atoms with E-state index in [0.717, 1.165) is 0 Å². The topological polar surface area (TPSA) is 81.0 Å². The molecule has 0 unspecified atom stereocenters. The molecule has 1 aromatic heterocycles. The predicted octanol–water partition coefficient (Wildman–Crippen LogP) is 4.07. The van der Waals surface area contributed by atoms with Crippen LogP contribution in [0.25, 0.3) is 10.9 Å². The first kappa shape index (κ1) is 16.4. The van der Waals surface area contributed by atoms with Gasteiger partial charge in [-0.3, -0.25) is 10.1 Å². The molecule has 2 aromatic rings. The lowest BCUT2D eigenvalue weighted by Crippen LogP contribution is -2.33. The molecule has 24 heavy (non-hydrogen) atoms. The van der Waals surface area contributed by atoms with E-state index in [-0.39, 0.29) is 24.6 Å². The Bertz CT molecular complexity index is 758. The minimum absolute atomic E-state index is 0.0714. The molecule has 0 amide bonds. The third-order valence-electron chi connectivity index (χ3n) is 4.36. The van der Waals surface area contributed by atoms with Crippen molar-refractivity contribution < 1.29 is 18.1 Å². The van der Waals surface area contributed by atoms with Crippen molar-refractivity contribution in [1.82, 2.24) is 9.97 Å². The Morgan fingerprint density at radius 1 is 1.17 bits per heavy atom. The van der Waals surface area contributed by atoms with Crippen LogP contribution < -0.4 is 5.32 Å². The maximum Gasteiger partial charge on any atom is 0.391 e. The molecule has 1 aliphatic rings. The molecule has 1 saturated carbocycles. The van der Waals surface area contributed by atoms with E-state index < -0.39 is 17.0 Å². The molecule has 1 N–H and O–H groups in total. The van der Waals surface area contributed by atoms with E-state index in [0.29, 0.717) is 29.6 Å². The van der Waals surface area contributed by atoms with Gasteiger partial charge in [0.15, 0.2) is 0 Å². The van der Waals surface area contributed by atoms with Gasteiger partial charge in [-0.25, -0.2) is 9.97 Å². The number of non-ortho nitro benzene ring substituents is 1. The summed E-state index contributed by atoms with van der Waals surface area (Å²) in [5, 5.41) is 14.6. The fourth-order valence-corrected chi connectivity index (χ4v) is 3.03. The number of rotatable bonds is 3. The van der Waals surface area contributed by atoms with Crippen LogP contribution in [0.1, 0.15) is 25.7 Å². The number of nitrogens with one attached hydrogen (secondary N) is 1. The molecular weight excluding hydrogens is 325 g/mol. The number of benzene rings is 1. The van der Waals surface area contributed by atoms with Gasteiger partial charge >= 0.3 is 6.18 Å². The third kappa shape index (κ3) is 3.39. The maximum absolute atomic E-state index is 12.7. The summed E-state index contributed by atoms with van der Waals surface area (Å²) >= 11 is 0. The molecule has 0 bridgehead atoms. The van der Waals surface area contributed by atoms with Crippen molar-refractivity contribution in [1.29, 1.82) is 0 Å². The Hall–Kier alpha value is -2.45. The molecule has 128 valence electrons. The average molecular weight is 340 g/mol. The first-order valence-corrected chi connectivity index (χ1v) is 7.57. The highest BCUT2D eigenvalue weighted by Gasteiger charge is 2.41. The fourth-order valence-electron chi connectivity index (χ4n) is 3.03. The Labute approximate surface area is 135 Å². The van der Waals surface area contributed by atoms with Crippen LogP contribution >= 0.6 is 0 Å². The number of fused-ring (bicyclic) bond motifs is 1. The van der Waals surface area contributed by atoms with Gasteiger partial charge in [-0.15, -0.1) is 0 Å². The van der Waals surface area contributed by atoms with Crippen LogP contribution in [0, 0.1) is 16.0 Å². The van der Waals surface area contributed by atoms with Crippen molar-refractivity contribution in [3.8, 4) is 0 Å². The van der Waals surface area contributed by atoms with Gasteiger partial charge in [0.25, 0.3) is 5.69 Å². The number of halogens is 3. The number of alkyl halides is 3. The number of hydrogen-bond acceptors (Lipinski definition) is 5. The van der Waals surface area contributed by atoms with Gasteiger partial charge in [-0.05, 0) is 31.7 Å². The molecule has 0 aliphatic heterocycles. The molecule has 0 spiro atoms. The number of nitro benzene ring substituents is 1. The Balaban J connectivity index is 1.75. The summed E-state index contributed by atoms with van der Waals surface area (Å²) in [5.74, 6) is -0.745. The lowest BCUT2D eigenvalue weighted by atomic mass is 9.85. The van der Waals surface area contributed by atoms with Gasteiger partial charge < -0.3 is 5.32 Å². The minimum Gasteiger partial charge on any atom is -0.367 e. The largest absolute Gasteiger partial charge is 0.391 e. The van der Waals surface area contributed by atoms with Crippen LogP contribution in [0.2, 0.25) is 0 Å². The summed E-state index contributed by atoms with van der Waals surface area (Å²) in [5.41, 5.74) is 0.350. The predicted molar refractivity (Wildman–Crippen MR) is 81.6 cm³/mol. The van der Waals surface area contributed by atoms with Crippen LogP contribution in [-0.2, 0) is 0 Å². The SMILES string of the molecule is O=[N+]([O-])c1ccc2c(NC3CCC(C(F)(F)F)CC3)ncnc2c1. The van der Waals surface area contributed by atoms with E-state index in [2.05, 4.69) is 15.3 Å². The first-order chi connectivity index (χ1) is 11.3. The van der Waals surface area contributed by atoms with Gasteiger partial charge in [-0.2, -0.15) is 13.2 Å². The second kappa shape index (κ2) is 6.21. The number of aromatic nitrogens is 2. The highest BCUT2D eigenvalue weighted by atomic mass is 19.4. The van der Waals surface area contributed by atoms with Crippen LogP contribution in [0.5, 0.6) is 0 Å². The Morgan fingerprint density at radius 3 is 2.50 bits per heavy atom. The van der Waals surface area contributed by atoms with Crippen molar-refractivity contribution >= 4 is 22.4 Å². The van der Waals surface area contributed by atoms with E-state index >= 15 is 0 Å². The first-order valence-electron chi connectivity index (χ1n) is 7.57. The fraction of sp³-hybridized carbons (Fsp3) is 0.467. The normalized spacial score (nSPS) is 21.6. The van der Waals surface area contributed by atoms with E-state index in [4.69, 9.17) is 0 Å². The minimum atomic E-state index is -4.13. The van der Waals surface area contributed by atoms with Crippen molar-refractivity contribution in [3.05, 3.63) is 34.6 Å². The zero-order valence-corrected chi connectivity index (χ0v) is 12.6. The second-order valence-electron chi connectivity index (χ2n) is 5.92. The zero-order chi connectivity index (χ0) is 17.3. The standard InChI is InChI=1S/C15H15F3N4O2/c16-15(17,18)9-1-3-10(4-2-9)21-14-12-6-5-11(22(23)24)7-13(12)19-8-20-14/h5-10H,1-4H2,(H,19,20,21). The van der Waals surface area contributed by atoms with Crippen molar-refractivity contribution in [2.75, 3.05) is 5.32 Å². The van der Waals surface area contributed by atoms with Crippen LogP contribution in [0.4, 0.5) is 24.7 Å². The number of nitrogens with zero attached hydrogens (tertiary/aromatic N) is 3. The van der Waals surface area contributed by atoms with E-state index in [1.165, 1.54) is 18.5 Å². The number of anilines is 1. The van der Waals surface area contributed by atoms with Crippen molar-refractivity contribution in [2.24, 2.45) is 5.92 Å². The lowest BCUT2D eigenvalue weighted by Gasteiger charge is -2.30. The molecule has 0 atom stereocenters. The molecule has 1 aliphatic carbocycles. The Kier molecular flexibility index (Phi) is 4.25. The van der Waals surface area contributed by atoms with Crippen molar-refractivity contribution in [3.63, 3.8) is 0 Å². The average Bonchev–Trinajstić information content (AvgIpc) is 2.54. The molecule has 1 heterocycles. The second-order valence-corrected chi connectivity index (χ2v) is 5.92. The summed E-state index contributed by atoms with van der Waals surface area (Å²) < 4.78 is 38.1. The van der Waals surface area contributed by atoms with Crippen LogP contribution in [0.3, 0.4) is 0 Å². The van der Waals surface area contributed by atoms with E-state index in [1.807, 2.05) is 0 Å². The monoisotopic (exact) mass is 340 g/mol. The van der Waals surface area contributed by atoms with E-state index in [1.54, 1.807) is 6.07 Å². The maximum atomic E-state index is 12.7. The molecule has 3 rings (SSSR count). The lowest BCUT2D eigenvalue weighted by molar-refractivity contribution is -0.384. The highest BCUT2D eigenvalue weighted by molar-refractivity contribution is 5.90. The van der Waals surface area contributed by atoms with Gasteiger partial charge in [0.2, 0.25) is 0 Å². The zero-order valence-electron chi connectivity index (χ0n) is 12.6. The molecule has 0 saturated heterocycles. The molecule has 0 radical (unpaired) electrons. The highest BCUT2D eigenvalue weighted by Crippen LogP contribution is 2.38. The number of hydrogen-bond donors (Lipinski definition) is 1. The van der Waals surface area contributed by atoms with Crippen molar-refractivity contribution in [2.45, 2.75) is 37.9 Å². The smallest absolute Gasteiger partial charge is 0.367 e. The van der Waals surface area contributed by atoms with Gasteiger partial charge in [0.05, 0.1) is 16.4 Å². The van der Waals surface area contributed by atoms with Gasteiger partial charge in [0, 0.05) is 23.6 Å². The van der Waals surface area contributed by atoms with Crippen LogP contribution in [0.15, 0.2) is 24.5 Å². The Morgan fingerprint density at radius 2 is 1.88 bits per heavy atom. The summed E-state index contributed by atoms with van der Waals surface area (Å²) in [6, 6.07) is 4.16. The summed E-state index contributed by atoms with van der Waals surface area (Å²) in [4.78, 5) is 18.5. The summed E-state index contributed by atoms with van der Waals surface area (Å²) in [6.07, 6.45) is -1.85. The molecule has 6 nitrogen and oxygen atoms in total. The molecular formula is C15H15F3N4O2. The van der Waals surface area contributed by atoms with E-state index in [9.17, 15) is 23.3 Å². The van der Waals surface area contributed by atoms with Gasteiger partial charge in [0.1, 0.15) is 12.1 Å². The summed E-state index contributed by atoms with van der Waals surface area (Å²) in [7, 11) is 0. The molecule has 1 fully saturated rings.